The first kappa shape index (κ1) is 17.6. The van der Waals surface area contributed by atoms with E-state index in [9.17, 15) is 14.8 Å². The summed E-state index contributed by atoms with van der Waals surface area (Å²) in [7, 11) is 0. The fourth-order valence-corrected chi connectivity index (χ4v) is 5.03. The summed E-state index contributed by atoms with van der Waals surface area (Å²) in [5.41, 5.74) is 1.05. The quantitative estimate of drug-likeness (QED) is 0.362. The fourth-order valence-electron chi connectivity index (χ4n) is 5.03. The van der Waals surface area contributed by atoms with Gasteiger partial charge in [-0.25, -0.2) is 20.3 Å². The lowest BCUT2D eigenvalue weighted by atomic mass is 9.56. The van der Waals surface area contributed by atoms with Crippen molar-refractivity contribution < 1.29 is 39.4 Å². The van der Waals surface area contributed by atoms with Crippen LogP contribution >= 0.6 is 0 Å². The third kappa shape index (κ3) is 2.34. The van der Waals surface area contributed by atoms with Gasteiger partial charge in [0, 0.05) is 17.8 Å². The Morgan fingerprint density at radius 3 is 2.65 bits per heavy atom. The lowest BCUT2D eigenvalue weighted by Crippen LogP contribution is -2.46. The summed E-state index contributed by atoms with van der Waals surface area (Å²) < 4.78 is 10.3. The van der Waals surface area contributed by atoms with Gasteiger partial charge in [-0.05, 0) is 24.0 Å². The zero-order chi connectivity index (χ0) is 18.5. The number of carbonyl (C=O) groups is 2. The van der Waals surface area contributed by atoms with Gasteiger partial charge in [-0.2, -0.15) is 0 Å². The molecular formula is C18H20O8. The summed E-state index contributed by atoms with van der Waals surface area (Å²) in [5, 5.41) is 18.3. The molecule has 0 aromatic heterocycles. The summed E-state index contributed by atoms with van der Waals surface area (Å²) in [6.45, 7) is 1.97. The Bertz CT molecular complexity index is 734. The van der Waals surface area contributed by atoms with Gasteiger partial charge in [-0.1, -0.05) is 31.2 Å². The van der Waals surface area contributed by atoms with E-state index in [2.05, 4.69) is 9.78 Å². The van der Waals surface area contributed by atoms with E-state index in [1.807, 2.05) is 31.2 Å². The van der Waals surface area contributed by atoms with Crippen LogP contribution in [0.1, 0.15) is 43.2 Å². The average Bonchev–Trinajstić information content (AvgIpc) is 3.22. The van der Waals surface area contributed by atoms with Gasteiger partial charge < -0.3 is 9.47 Å². The van der Waals surface area contributed by atoms with Gasteiger partial charge >= 0.3 is 11.9 Å². The normalized spacial score (nSPS) is 38.8. The van der Waals surface area contributed by atoms with Crippen molar-refractivity contribution in [3.63, 3.8) is 0 Å². The lowest BCUT2D eigenvalue weighted by Gasteiger charge is -2.46. The third-order valence-corrected chi connectivity index (χ3v) is 6.20. The third-order valence-electron chi connectivity index (χ3n) is 6.20. The number of rotatable bonds is 4. The Kier molecular flexibility index (Phi) is 4.32. The van der Waals surface area contributed by atoms with Crippen molar-refractivity contribution in [2.24, 2.45) is 11.8 Å². The van der Waals surface area contributed by atoms with E-state index in [4.69, 9.17) is 14.7 Å². The molecule has 2 saturated heterocycles. The molecule has 1 aliphatic carbocycles. The van der Waals surface area contributed by atoms with Crippen LogP contribution < -0.4 is 0 Å². The second-order valence-electron chi connectivity index (χ2n) is 7.11. The van der Waals surface area contributed by atoms with Crippen LogP contribution in [-0.4, -0.2) is 35.0 Å². The molecule has 2 fully saturated rings. The second-order valence-corrected chi connectivity index (χ2v) is 7.11. The molecule has 6 unspecified atom stereocenters. The number of benzene rings is 1. The molecular weight excluding hydrogens is 344 g/mol. The van der Waals surface area contributed by atoms with Crippen LogP contribution in [0.4, 0.5) is 0 Å². The number of fused-ring (bicyclic) bond motifs is 3. The summed E-state index contributed by atoms with van der Waals surface area (Å²) in [4.78, 5) is 33.4. The van der Waals surface area contributed by atoms with E-state index in [0.717, 1.165) is 11.1 Å². The summed E-state index contributed by atoms with van der Waals surface area (Å²) in [6.07, 6.45) is -0.722. The van der Waals surface area contributed by atoms with Crippen LogP contribution in [0.25, 0.3) is 0 Å². The predicted molar refractivity (Wildman–Crippen MR) is 84.6 cm³/mol. The SMILES string of the molecule is CCC1(C2CC(OO)OC2OO)CC2C(=O)OC(=O)C2c2ccccc21. The molecule has 8 nitrogen and oxygen atoms in total. The molecule has 26 heavy (non-hydrogen) atoms. The second kappa shape index (κ2) is 6.40. The Morgan fingerprint density at radius 2 is 1.96 bits per heavy atom. The van der Waals surface area contributed by atoms with E-state index in [0.29, 0.717) is 12.8 Å². The highest BCUT2D eigenvalue weighted by Gasteiger charge is 2.59. The maximum Gasteiger partial charge on any atom is 0.321 e. The lowest BCUT2D eigenvalue weighted by molar-refractivity contribution is -0.399. The molecule has 1 aromatic carbocycles. The van der Waals surface area contributed by atoms with E-state index in [-0.39, 0.29) is 12.3 Å². The Hall–Kier alpha value is -1.84. The summed E-state index contributed by atoms with van der Waals surface area (Å²) >= 11 is 0. The summed E-state index contributed by atoms with van der Waals surface area (Å²) in [6, 6.07) is 7.45. The highest BCUT2D eigenvalue weighted by Crippen LogP contribution is 2.57. The van der Waals surface area contributed by atoms with E-state index < -0.39 is 41.8 Å². The smallest absolute Gasteiger partial charge is 0.321 e. The molecule has 0 radical (unpaired) electrons. The Morgan fingerprint density at radius 1 is 1.19 bits per heavy atom. The predicted octanol–water partition coefficient (Wildman–Crippen LogP) is 2.19. The minimum atomic E-state index is -1.02. The van der Waals surface area contributed by atoms with Crippen molar-refractivity contribution in [2.45, 2.75) is 50.1 Å². The molecule has 1 aromatic rings. The minimum Gasteiger partial charge on any atom is -0.392 e. The largest absolute Gasteiger partial charge is 0.392 e. The van der Waals surface area contributed by atoms with Gasteiger partial charge in [0.15, 0.2) is 12.6 Å². The van der Waals surface area contributed by atoms with Crippen molar-refractivity contribution in [1.29, 1.82) is 0 Å². The maximum absolute atomic E-state index is 12.3. The summed E-state index contributed by atoms with van der Waals surface area (Å²) in [5.74, 6) is -2.64. The van der Waals surface area contributed by atoms with Crippen LogP contribution in [-0.2, 0) is 34.3 Å². The van der Waals surface area contributed by atoms with Crippen LogP contribution in [0.2, 0.25) is 0 Å². The zero-order valence-corrected chi connectivity index (χ0v) is 14.2. The first-order chi connectivity index (χ1) is 12.6. The molecule has 140 valence electrons. The van der Waals surface area contributed by atoms with Crippen molar-refractivity contribution in [1.82, 2.24) is 0 Å². The number of carbonyl (C=O) groups excluding carboxylic acids is 2. The molecule has 0 spiro atoms. The van der Waals surface area contributed by atoms with Crippen LogP contribution in [0.5, 0.6) is 0 Å². The van der Waals surface area contributed by atoms with E-state index >= 15 is 0 Å². The van der Waals surface area contributed by atoms with Gasteiger partial charge in [-0.15, -0.1) is 0 Å². The molecule has 6 atom stereocenters. The number of hydrogen-bond donors (Lipinski definition) is 2. The fraction of sp³-hybridized carbons (Fsp3) is 0.556. The van der Waals surface area contributed by atoms with Crippen molar-refractivity contribution in [2.75, 3.05) is 0 Å². The van der Waals surface area contributed by atoms with Crippen LogP contribution in [0, 0.1) is 11.8 Å². The maximum atomic E-state index is 12.3. The Balaban J connectivity index is 1.85. The molecule has 2 aliphatic heterocycles. The van der Waals surface area contributed by atoms with Crippen molar-refractivity contribution >= 4 is 11.9 Å². The molecule has 2 N–H and O–H groups in total. The number of ether oxygens (including phenoxy) is 2. The Labute approximate surface area is 149 Å². The average molecular weight is 364 g/mol. The van der Waals surface area contributed by atoms with Gasteiger partial charge in [0.25, 0.3) is 0 Å². The van der Waals surface area contributed by atoms with Gasteiger partial charge in [-0.3, -0.25) is 9.59 Å². The number of esters is 2. The topological polar surface area (TPSA) is 112 Å². The van der Waals surface area contributed by atoms with E-state index in [1.54, 1.807) is 0 Å². The highest BCUT2D eigenvalue weighted by atomic mass is 17.2. The van der Waals surface area contributed by atoms with Gasteiger partial charge in [0.2, 0.25) is 0 Å². The monoisotopic (exact) mass is 364 g/mol. The van der Waals surface area contributed by atoms with E-state index in [1.165, 1.54) is 0 Å². The standard InChI is InChI=1S/C18H20O8/c1-2-18(12-7-13(25-21)23-17(12)26-22)8-10-14(16(20)24-15(10)19)9-5-3-4-6-11(9)18/h3-6,10,12-14,17,21-22H,2,7-8H2,1H3. The molecule has 3 aliphatic rings. The first-order valence-corrected chi connectivity index (χ1v) is 8.66. The van der Waals surface area contributed by atoms with Crippen molar-refractivity contribution in [3.05, 3.63) is 35.4 Å². The van der Waals surface area contributed by atoms with Gasteiger partial charge in [0.05, 0.1) is 11.8 Å². The first-order valence-electron chi connectivity index (χ1n) is 8.66. The molecule has 8 heteroatoms. The van der Waals surface area contributed by atoms with Crippen LogP contribution in [0.3, 0.4) is 0 Å². The molecule has 2 heterocycles. The van der Waals surface area contributed by atoms with Gasteiger partial charge in [0.1, 0.15) is 0 Å². The highest BCUT2D eigenvalue weighted by molar-refractivity contribution is 6.00. The molecule has 0 saturated carbocycles. The molecule has 4 rings (SSSR count). The zero-order valence-electron chi connectivity index (χ0n) is 14.2. The molecule has 0 bridgehead atoms. The van der Waals surface area contributed by atoms with Crippen molar-refractivity contribution in [3.8, 4) is 0 Å². The number of hydrogen-bond acceptors (Lipinski definition) is 8. The van der Waals surface area contributed by atoms with Crippen LogP contribution in [0.15, 0.2) is 24.3 Å². The minimum absolute atomic E-state index is 0.268. The molecule has 0 amide bonds. The number of cyclic esters (lactones) is 2.